The molecule has 0 bridgehead atoms. The lowest BCUT2D eigenvalue weighted by Gasteiger charge is -2.26. The van der Waals surface area contributed by atoms with E-state index in [2.05, 4.69) is 15.1 Å². The smallest absolute Gasteiger partial charge is 0.0753 e. The molecule has 1 atom stereocenters. The van der Waals surface area contributed by atoms with Crippen molar-refractivity contribution in [2.45, 2.75) is 57.5 Å². The average Bonchev–Trinajstić information content (AvgIpc) is 3.14. The summed E-state index contributed by atoms with van der Waals surface area (Å²) >= 11 is 0. The molecule has 2 aliphatic heterocycles. The Balaban J connectivity index is 1.38. The molecule has 0 radical (unpaired) electrons. The van der Waals surface area contributed by atoms with Crippen molar-refractivity contribution in [3.63, 3.8) is 0 Å². The van der Waals surface area contributed by atoms with Crippen molar-refractivity contribution >= 4 is 0 Å². The van der Waals surface area contributed by atoms with Crippen LogP contribution in [-0.4, -0.2) is 41.3 Å². The van der Waals surface area contributed by atoms with Crippen molar-refractivity contribution in [3.05, 3.63) is 17.0 Å². The van der Waals surface area contributed by atoms with E-state index in [1.54, 1.807) is 0 Å². The zero-order valence-corrected chi connectivity index (χ0v) is 12.9. The second-order valence-electron chi connectivity index (χ2n) is 7.12. The Labute approximate surface area is 127 Å². The minimum Gasteiger partial charge on any atom is -0.376 e. The molecule has 2 fully saturated rings. The van der Waals surface area contributed by atoms with Gasteiger partial charge in [-0.1, -0.05) is 19.3 Å². The molecule has 0 spiro atoms. The van der Waals surface area contributed by atoms with Crippen LogP contribution in [-0.2, 0) is 17.8 Å². The maximum absolute atomic E-state index is 5.63. The highest BCUT2D eigenvalue weighted by Crippen LogP contribution is 2.33. The molecular weight excluding hydrogens is 262 g/mol. The summed E-state index contributed by atoms with van der Waals surface area (Å²) < 4.78 is 5.63. The van der Waals surface area contributed by atoms with Crippen molar-refractivity contribution in [2.75, 3.05) is 26.2 Å². The Morgan fingerprint density at radius 3 is 3.00 bits per heavy atom. The van der Waals surface area contributed by atoms with E-state index in [9.17, 15) is 0 Å². The number of aromatic amines is 1. The van der Waals surface area contributed by atoms with Gasteiger partial charge in [0.15, 0.2) is 0 Å². The molecule has 0 amide bonds. The predicted molar refractivity (Wildman–Crippen MR) is 82.3 cm³/mol. The van der Waals surface area contributed by atoms with Gasteiger partial charge in [-0.05, 0) is 31.7 Å². The summed E-state index contributed by atoms with van der Waals surface area (Å²) in [4.78, 5) is 2.69. The van der Waals surface area contributed by atoms with E-state index in [1.165, 1.54) is 75.1 Å². The quantitative estimate of drug-likeness (QED) is 0.930. The first-order valence-corrected chi connectivity index (χ1v) is 8.76. The van der Waals surface area contributed by atoms with Crippen LogP contribution >= 0.6 is 0 Å². The Morgan fingerprint density at radius 2 is 2.10 bits per heavy atom. The molecule has 1 saturated carbocycles. The summed E-state index contributed by atoms with van der Waals surface area (Å²) in [7, 11) is 0. The fourth-order valence-corrected chi connectivity index (χ4v) is 4.43. The highest BCUT2D eigenvalue weighted by atomic mass is 16.5. The maximum atomic E-state index is 5.63. The number of hydrogen-bond donors (Lipinski definition) is 1. The third-order valence-corrected chi connectivity index (χ3v) is 5.63. The Kier molecular flexibility index (Phi) is 3.99. The van der Waals surface area contributed by atoms with Crippen molar-refractivity contribution in [3.8, 4) is 0 Å². The number of aromatic nitrogens is 2. The molecule has 1 aromatic rings. The van der Waals surface area contributed by atoms with Gasteiger partial charge in [0.05, 0.1) is 18.9 Å². The normalized spacial score (nSPS) is 27.9. The van der Waals surface area contributed by atoms with Gasteiger partial charge in [-0.25, -0.2) is 0 Å². The molecule has 1 aromatic heterocycles. The topological polar surface area (TPSA) is 41.2 Å². The van der Waals surface area contributed by atoms with Crippen LogP contribution in [0.4, 0.5) is 0 Å². The van der Waals surface area contributed by atoms with Crippen LogP contribution in [0, 0.1) is 5.92 Å². The summed E-state index contributed by atoms with van der Waals surface area (Å²) in [5.41, 5.74) is 3.99. The van der Waals surface area contributed by atoms with Crippen LogP contribution < -0.4 is 0 Å². The zero-order chi connectivity index (χ0) is 14.1. The van der Waals surface area contributed by atoms with Gasteiger partial charge in [0, 0.05) is 36.7 Å². The summed E-state index contributed by atoms with van der Waals surface area (Å²) in [5, 5.41) is 7.88. The lowest BCUT2D eigenvalue weighted by Crippen LogP contribution is -2.28. The largest absolute Gasteiger partial charge is 0.376 e. The zero-order valence-electron chi connectivity index (χ0n) is 12.9. The molecular formula is C17H27N3O. The monoisotopic (exact) mass is 289 g/mol. The summed E-state index contributed by atoms with van der Waals surface area (Å²) in [6.07, 6.45) is 9.53. The van der Waals surface area contributed by atoms with Gasteiger partial charge in [0.25, 0.3) is 0 Å². The second-order valence-corrected chi connectivity index (χ2v) is 7.12. The molecule has 21 heavy (non-hydrogen) atoms. The first-order chi connectivity index (χ1) is 10.4. The van der Waals surface area contributed by atoms with E-state index in [0.717, 1.165) is 25.6 Å². The lowest BCUT2D eigenvalue weighted by atomic mass is 9.89. The summed E-state index contributed by atoms with van der Waals surface area (Å²) in [6, 6.07) is 0. The number of fused-ring (bicyclic) bond motifs is 1. The fourth-order valence-electron chi connectivity index (χ4n) is 4.43. The van der Waals surface area contributed by atoms with Gasteiger partial charge in [-0.2, -0.15) is 5.10 Å². The minimum atomic E-state index is 0.621. The predicted octanol–water partition coefficient (Wildman–Crippen LogP) is 2.85. The Hall–Kier alpha value is -0.870. The van der Waals surface area contributed by atoms with Crippen molar-refractivity contribution < 1.29 is 4.74 Å². The first-order valence-electron chi connectivity index (χ1n) is 8.76. The van der Waals surface area contributed by atoms with Crippen LogP contribution in [0.2, 0.25) is 0 Å². The number of nitrogens with zero attached hydrogens (tertiary/aromatic N) is 2. The van der Waals surface area contributed by atoms with Gasteiger partial charge in [-0.15, -0.1) is 0 Å². The molecule has 4 rings (SSSR count). The molecule has 4 heteroatoms. The van der Waals surface area contributed by atoms with Crippen molar-refractivity contribution in [1.29, 1.82) is 0 Å². The maximum Gasteiger partial charge on any atom is 0.0753 e. The van der Waals surface area contributed by atoms with Crippen LogP contribution in [0.3, 0.4) is 0 Å². The Bertz CT molecular complexity index is 478. The molecule has 1 saturated heterocycles. The van der Waals surface area contributed by atoms with Crippen LogP contribution in [0.1, 0.15) is 61.4 Å². The number of rotatable bonds is 3. The molecule has 116 valence electrons. The van der Waals surface area contributed by atoms with Crippen LogP contribution in [0.15, 0.2) is 0 Å². The van der Waals surface area contributed by atoms with Crippen LogP contribution in [0.5, 0.6) is 0 Å². The van der Waals surface area contributed by atoms with E-state index >= 15 is 0 Å². The second kappa shape index (κ2) is 6.09. The van der Waals surface area contributed by atoms with Gasteiger partial charge in [0.2, 0.25) is 0 Å². The van der Waals surface area contributed by atoms with Crippen molar-refractivity contribution in [1.82, 2.24) is 15.1 Å². The third-order valence-electron chi connectivity index (χ3n) is 5.63. The minimum absolute atomic E-state index is 0.621. The lowest BCUT2D eigenvalue weighted by molar-refractivity contribution is 0.109. The van der Waals surface area contributed by atoms with Gasteiger partial charge in [0.1, 0.15) is 0 Å². The summed E-state index contributed by atoms with van der Waals surface area (Å²) in [5.74, 6) is 1.57. The number of H-pyrrole nitrogens is 1. The third kappa shape index (κ3) is 2.88. The molecule has 1 unspecified atom stereocenters. The van der Waals surface area contributed by atoms with E-state index in [-0.39, 0.29) is 0 Å². The van der Waals surface area contributed by atoms with E-state index in [0.29, 0.717) is 5.92 Å². The van der Waals surface area contributed by atoms with Gasteiger partial charge >= 0.3 is 0 Å². The average molecular weight is 289 g/mol. The van der Waals surface area contributed by atoms with Crippen LogP contribution in [0.25, 0.3) is 0 Å². The SMILES string of the molecule is C1CCC(CN2CCC(c3n[nH]c4c3COCC4)C2)CC1. The number of nitrogens with one attached hydrogen (secondary N) is 1. The molecule has 3 aliphatic rings. The molecule has 1 N–H and O–H groups in total. The Morgan fingerprint density at radius 1 is 1.19 bits per heavy atom. The standard InChI is InChI=1S/C17H27N3O/c1-2-4-13(5-3-1)10-20-8-6-14(11-20)17-15-12-21-9-7-16(15)18-19-17/h13-14H,1-12H2,(H,18,19). The number of likely N-dealkylation sites (tertiary alicyclic amines) is 1. The highest BCUT2D eigenvalue weighted by molar-refractivity contribution is 5.30. The molecule has 1 aliphatic carbocycles. The van der Waals surface area contributed by atoms with E-state index in [4.69, 9.17) is 4.74 Å². The molecule has 0 aromatic carbocycles. The van der Waals surface area contributed by atoms with Gasteiger partial charge in [-0.3, -0.25) is 5.10 Å². The molecule has 3 heterocycles. The van der Waals surface area contributed by atoms with Gasteiger partial charge < -0.3 is 9.64 Å². The van der Waals surface area contributed by atoms with Crippen molar-refractivity contribution in [2.24, 2.45) is 5.92 Å². The van der Waals surface area contributed by atoms with E-state index in [1.807, 2.05) is 0 Å². The molecule has 4 nitrogen and oxygen atoms in total. The summed E-state index contributed by atoms with van der Waals surface area (Å²) in [6.45, 7) is 5.38. The first kappa shape index (κ1) is 13.8. The number of hydrogen-bond acceptors (Lipinski definition) is 3. The van der Waals surface area contributed by atoms with E-state index < -0.39 is 0 Å². The highest BCUT2D eigenvalue weighted by Gasteiger charge is 2.31. The number of ether oxygens (including phenoxy) is 1. The fraction of sp³-hybridized carbons (Fsp3) is 0.824.